The lowest BCUT2D eigenvalue weighted by atomic mass is 9.87. The molecule has 2 aromatic carbocycles. The van der Waals surface area contributed by atoms with Crippen LogP contribution in [0.3, 0.4) is 0 Å². The van der Waals surface area contributed by atoms with Gasteiger partial charge < -0.3 is 5.11 Å². The summed E-state index contributed by atoms with van der Waals surface area (Å²) in [5.74, 6) is -0.0190. The summed E-state index contributed by atoms with van der Waals surface area (Å²) in [6.45, 7) is 3.22. The van der Waals surface area contributed by atoms with Crippen molar-refractivity contribution in [1.29, 1.82) is 0 Å². The van der Waals surface area contributed by atoms with Crippen LogP contribution in [0.4, 0.5) is 5.69 Å². The Morgan fingerprint density at radius 3 is 2.24 bits per heavy atom. The third-order valence-corrected chi connectivity index (χ3v) is 4.72. The summed E-state index contributed by atoms with van der Waals surface area (Å²) in [7, 11) is -3.40. The first kappa shape index (κ1) is 15.5. The fourth-order valence-electron chi connectivity index (χ4n) is 2.15. The molecule has 2 N–H and O–H groups in total. The summed E-state index contributed by atoms with van der Waals surface area (Å²) in [5, 5.41) is 10.9. The molecule has 0 fully saturated rings. The zero-order chi connectivity index (χ0) is 15.5. The van der Waals surface area contributed by atoms with E-state index in [1.807, 2.05) is 30.3 Å². The van der Waals surface area contributed by atoms with Gasteiger partial charge in [0.25, 0.3) is 0 Å². The summed E-state index contributed by atoms with van der Waals surface area (Å²) >= 11 is 0. The van der Waals surface area contributed by atoms with Gasteiger partial charge in [0.1, 0.15) is 5.60 Å². The SMILES string of the molecule is CCS(=O)(=O)Nc1ccccc1C(C)(O)c1ccccc1. The van der Waals surface area contributed by atoms with E-state index in [9.17, 15) is 13.5 Å². The number of hydrogen-bond donors (Lipinski definition) is 2. The average Bonchev–Trinajstić information content (AvgIpc) is 2.48. The normalized spacial score (nSPS) is 14.4. The van der Waals surface area contributed by atoms with E-state index in [1.54, 1.807) is 38.1 Å². The van der Waals surface area contributed by atoms with E-state index >= 15 is 0 Å². The fraction of sp³-hybridized carbons (Fsp3) is 0.250. The Labute approximate surface area is 125 Å². The van der Waals surface area contributed by atoms with Crippen molar-refractivity contribution in [2.24, 2.45) is 0 Å². The van der Waals surface area contributed by atoms with Gasteiger partial charge in [0.15, 0.2) is 0 Å². The Morgan fingerprint density at radius 2 is 1.62 bits per heavy atom. The molecule has 0 saturated carbocycles. The molecule has 0 aliphatic heterocycles. The van der Waals surface area contributed by atoms with Gasteiger partial charge in [-0.25, -0.2) is 8.42 Å². The van der Waals surface area contributed by atoms with Crippen molar-refractivity contribution in [2.75, 3.05) is 10.5 Å². The molecule has 0 bridgehead atoms. The van der Waals surface area contributed by atoms with Gasteiger partial charge in [-0.15, -0.1) is 0 Å². The molecular formula is C16H19NO3S. The molecule has 0 radical (unpaired) electrons. The van der Waals surface area contributed by atoms with Gasteiger partial charge in [0, 0.05) is 5.56 Å². The second kappa shape index (κ2) is 5.87. The highest BCUT2D eigenvalue weighted by molar-refractivity contribution is 7.92. The van der Waals surface area contributed by atoms with Crippen LogP contribution in [-0.2, 0) is 15.6 Å². The Hall–Kier alpha value is -1.85. The molecule has 5 heteroatoms. The van der Waals surface area contributed by atoms with Crippen molar-refractivity contribution >= 4 is 15.7 Å². The van der Waals surface area contributed by atoms with Crippen molar-refractivity contribution in [1.82, 2.24) is 0 Å². The lowest BCUT2D eigenvalue weighted by molar-refractivity contribution is 0.103. The summed E-state index contributed by atoms with van der Waals surface area (Å²) in [6, 6.07) is 16.0. The van der Waals surface area contributed by atoms with Crippen molar-refractivity contribution in [3.05, 3.63) is 65.7 Å². The van der Waals surface area contributed by atoms with Crippen LogP contribution in [0, 0.1) is 0 Å². The number of anilines is 1. The largest absolute Gasteiger partial charge is 0.381 e. The van der Waals surface area contributed by atoms with Crippen molar-refractivity contribution in [3.63, 3.8) is 0 Å². The van der Waals surface area contributed by atoms with Crippen LogP contribution in [0.2, 0.25) is 0 Å². The molecule has 21 heavy (non-hydrogen) atoms. The first-order valence-electron chi connectivity index (χ1n) is 6.74. The molecule has 2 rings (SSSR count). The third-order valence-electron chi connectivity index (χ3n) is 3.43. The Bertz CT molecular complexity index is 709. The van der Waals surface area contributed by atoms with Crippen LogP contribution in [-0.4, -0.2) is 19.3 Å². The number of sulfonamides is 1. The number of hydrogen-bond acceptors (Lipinski definition) is 3. The maximum atomic E-state index is 11.8. The van der Waals surface area contributed by atoms with Crippen molar-refractivity contribution in [3.8, 4) is 0 Å². The van der Waals surface area contributed by atoms with Crippen LogP contribution in [0.1, 0.15) is 25.0 Å². The van der Waals surface area contributed by atoms with Gasteiger partial charge >= 0.3 is 0 Å². The predicted octanol–water partition coefficient (Wildman–Crippen LogP) is 2.70. The van der Waals surface area contributed by atoms with Crippen molar-refractivity contribution < 1.29 is 13.5 Å². The molecule has 2 aromatic rings. The fourth-order valence-corrected chi connectivity index (χ4v) is 2.81. The molecule has 112 valence electrons. The van der Waals surface area contributed by atoms with E-state index in [0.29, 0.717) is 16.8 Å². The van der Waals surface area contributed by atoms with E-state index in [-0.39, 0.29) is 5.75 Å². The minimum atomic E-state index is -3.40. The molecule has 0 saturated heterocycles. The molecule has 1 atom stereocenters. The summed E-state index contributed by atoms with van der Waals surface area (Å²) in [6.07, 6.45) is 0. The lowest BCUT2D eigenvalue weighted by Gasteiger charge is -2.27. The number of benzene rings is 2. The molecule has 0 spiro atoms. The molecule has 1 unspecified atom stereocenters. The van der Waals surface area contributed by atoms with Crippen molar-refractivity contribution in [2.45, 2.75) is 19.4 Å². The second-order valence-electron chi connectivity index (χ2n) is 4.99. The highest BCUT2D eigenvalue weighted by atomic mass is 32.2. The van der Waals surface area contributed by atoms with Gasteiger partial charge in [0.2, 0.25) is 10.0 Å². The van der Waals surface area contributed by atoms with Gasteiger partial charge in [-0.2, -0.15) is 0 Å². The summed E-state index contributed by atoms with van der Waals surface area (Å²) in [4.78, 5) is 0. The highest BCUT2D eigenvalue weighted by Gasteiger charge is 2.28. The standard InChI is InChI=1S/C16H19NO3S/c1-3-21(19,20)17-15-12-8-7-11-14(15)16(2,18)13-9-5-4-6-10-13/h4-12,17-18H,3H2,1-2H3. The number of rotatable bonds is 5. The molecule has 4 nitrogen and oxygen atoms in total. The van der Waals surface area contributed by atoms with E-state index in [1.165, 1.54) is 0 Å². The predicted molar refractivity (Wildman–Crippen MR) is 84.6 cm³/mol. The van der Waals surface area contributed by atoms with Crippen LogP contribution >= 0.6 is 0 Å². The number of aliphatic hydroxyl groups is 1. The Kier molecular flexibility index (Phi) is 4.34. The molecule has 0 aliphatic carbocycles. The average molecular weight is 305 g/mol. The molecule has 0 aromatic heterocycles. The molecule has 0 amide bonds. The van der Waals surface area contributed by atoms with Gasteiger partial charge in [-0.05, 0) is 25.5 Å². The molecular weight excluding hydrogens is 286 g/mol. The van der Waals surface area contributed by atoms with Crippen LogP contribution in [0.5, 0.6) is 0 Å². The molecule has 0 aliphatic rings. The third kappa shape index (κ3) is 3.43. The zero-order valence-electron chi connectivity index (χ0n) is 12.1. The lowest BCUT2D eigenvalue weighted by Crippen LogP contribution is -2.26. The van der Waals surface area contributed by atoms with Crippen LogP contribution < -0.4 is 4.72 Å². The maximum Gasteiger partial charge on any atom is 0.232 e. The summed E-state index contributed by atoms with van der Waals surface area (Å²) < 4.78 is 26.1. The maximum absolute atomic E-state index is 11.8. The van der Waals surface area contributed by atoms with E-state index in [2.05, 4.69) is 4.72 Å². The van der Waals surface area contributed by atoms with E-state index in [0.717, 1.165) is 0 Å². The zero-order valence-corrected chi connectivity index (χ0v) is 12.9. The Morgan fingerprint density at radius 1 is 1.05 bits per heavy atom. The molecule has 0 heterocycles. The van der Waals surface area contributed by atoms with Gasteiger partial charge in [-0.3, -0.25) is 4.72 Å². The topological polar surface area (TPSA) is 66.4 Å². The van der Waals surface area contributed by atoms with Crippen LogP contribution in [0.15, 0.2) is 54.6 Å². The summed E-state index contributed by atoms with van der Waals surface area (Å²) in [5.41, 5.74) is 0.336. The minimum Gasteiger partial charge on any atom is -0.381 e. The van der Waals surface area contributed by atoms with E-state index < -0.39 is 15.6 Å². The van der Waals surface area contributed by atoms with Crippen LogP contribution in [0.25, 0.3) is 0 Å². The smallest absolute Gasteiger partial charge is 0.232 e. The van der Waals surface area contributed by atoms with Gasteiger partial charge in [0.05, 0.1) is 11.4 Å². The quantitative estimate of drug-likeness (QED) is 0.892. The minimum absolute atomic E-state index is 0.0190. The van der Waals surface area contributed by atoms with Gasteiger partial charge in [-0.1, -0.05) is 48.5 Å². The first-order valence-corrected chi connectivity index (χ1v) is 8.40. The second-order valence-corrected chi connectivity index (χ2v) is 7.00. The number of para-hydroxylation sites is 1. The number of nitrogens with one attached hydrogen (secondary N) is 1. The Balaban J connectivity index is 2.50. The van der Waals surface area contributed by atoms with E-state index in [4.69, 9.17) is 0 Å². The monoisotopic (exact) mass is 305 g/mol. The first-order chi connectivity index (χ1) is 9.87. The highest BCUT2D eigenvalue weighted by Crippen LogP contribution is 2.34.